The van der Waals surface area contributed by atoms with Crippen LogP contribution in [0, 0.1) is 5.82 Å². The van der Waals surface area contributed by atoms with E-state index >= 15 is 0 Å². The van der Waals surface area contributed by atoms with E-state index in [1.165, 1.54) is 12.1 Å². The quantitative estimate of drug-likeness (QED) is 0.756. The Bertz CT molecular complexity index is 505. The molecule has 6 heteroatoms. The average Bonchev–Trinajstić information content (AvgIpc) is 2.39. The van der Waals surface area contributed by atoms with Gasteiger partial charge >= 0.3 is 5.97 Å². The van der Waals surface area contributed by atoms with Gasteiger partial charge < -0.3 is 15.7 Å². The van der Waals surface area contributed by atoms with Gasteiger partial charge in [-0.1, -0.05) is 0 Å². The number of carboxylic acid groups (broad SMARTS) is 1. The molecule has 1 aromatic carbocycles. The topological polar surface area (TPSA) is 78.4 Å². The summed E-state index contributed by atoms with van der Waals surface area (Å²) in [4.78, 5) is 22.3. The van der Waals surface area contributed by atoms with E-state index in [1.54, 1.807) is 0 Å². The molecular formula is C13H15FN2O3. The number of halogens is 1. The van der Waals surface area contributed by atoms with Gasteiger partial charge in [0.15, 0.2) is 0 Å². The van der Waals surface area contributed by atoms with Crippen molar-refractivity contribution in [3.8, 4) is 0 Å². The number of piperidine rings is 1. The molecule has 1 heterocycles. The van der Waals surface area contributed by atoms with Gasteiger partial charge in [0, 0.05) is 18.7 Å². The van der Waals surface area contributed by atoms with Crippen LogP contribution < -0.4 is 10.6 Å². The van der Waals surface area contributed by atoms with Gasteiger partial charge in [-0.2, -0.15) is 0 Å². The maximum absolute atomic E-state index is 13.6. The predicted octanol–water partition coefficient (Wildman–Crippen LogP) is 0.892. The third-order valence-electron chi connectivity index (χ3n) is 3.12. The molecule has 0 radical (unpaired) electrons. The van der Waals surface area contributed by atoms with Crippen molar-refractivity contribution < 1.29 is 19.1 Å². The summed E-state index contributed by atoms with van der Waals surface area (Å²) in [7, 11) is 0. The van der Waals surface area contributed by atoms with Crippen molar-refractivity contribution >= 4 is 11.9 Å². The number of carboxylic acids is 1. The molecule has 0 spiro atoms. The Kier molecular flexibility index (Phi) is 4.11. The summed E-state index contributed by atoms with van der Waals surface area (Å²) in [5.41, 5.74) is 0.282. The van der Waals surface area contributed by atoms with E-state index in [4.69, 9.17) is 5.11 Å². The molecule has 1 aromatic rings. The third kappa shape index (κ3) is 3.29. The number of carbonyl (C=O) groups is 2. The number of benzene rings is 1. The van der Waals surface area contributed by atoms with Crippen molar-refractivity contribution in [2.45, 2.75) is 25.4 Å². The van der Waals surface area contributed by atoms with E-state index < -0.39 is 11.8 Å². The summed E-state index contributed by atoms with van der Waals surface area (Å²) >= 11 is 0. The predicted molar refractivity (Wildman–Crippen MR) is 66.2 cm³/mol. The van der Waals surface area contributed by atoms with Crippen molar-refractivity contribution in [3.63, 3.8) is 0 Å². The Morgan fingerprint density at radius 2 is 2.32 bits per heavy atom. The van der Waals surface area contributed by atoms with Gasteiger partial charge in [0.05, 0.1) is 11.6 Å². The number of hydrogen-bond donors (Lipinski definition) is 3. The minimum atomic E-state index is -1.10. The summed E-state index contributed by atoms with van der Waals surface area (Å²) in [5, 5.41) is 14.5. The molecule has 5 nitrogen and oxygen atoms in total. The lowest BCUT2D eigenvalue weighted by molar-refractivity contribution is -0.124. The smallest absolute Gasteiger partial charge is 0.335 e. The molecule has 1 amide bonds. The molecule has 1 unspecified atom stereocenters. The van der Waals surface area contributed by atoms with Crippen LogP contribution in [0.2, 0.25) is 0 Å². The highest BCUT2D eigenvalue weighted by atomic mass is 19.1. The van der Waals surface area contributed by atoms with Gasteiger partial charge in [0.1, 0.15) is 5.82 Å². The van der Waals surface area contributed by atoms with Crippen molar-refractivity contribution in [2.75, 3.05) is 6.54 Å². The number of amides is 1. The molecule has 1 fully saturated rings. The van der Waals surface area contributed by atoms with E-state index in [2.05, 4.69) is 10.6 Å². The van der Waals surface area contributed by atoms with Crippen LogP contribution >= 0.6 is 0 Å². The zero-order valence-electron chi connectivity index (χ0n) is 10.3. The summed E-state index contributed by atoms with van der Waals surface area (Å²) in [6.45, 7) is 0.797. The van der Waals surface area contributed by atoms with E-state index in [-0.39, 0.29) is 29.6 Å². The first-order valence-electron chi connectivity index (χ1n) is 6.11. The van der Waals surface area contributed by atoms with Crippen LogP contribution in [0.5, 0.6) is 0 Å². The average molecular weight is 266 g/mol. The zero-order valence-corrected chi connectivity index (χ0v) is 10.3. The second kappa shape index (κ2) is 5.79. The first-order chi connectivity index (χ1) is 9.08. The molecule has 102 valence electrons. The maximum atomic E-state index is 13.6. The molecular weight excluding hydrogens is 251 g/mol. The van der Waals surface area contributed by atoms with Crippen LogP contribution in [-0.2, 0) is 11.3 Å². The second-order valence-corrected chi connectivity index (χ2v) is 4.48. The minimum absolute atomic E-state index is 0.0336. The highest BCUT2D eigenvalue weighted by Crippen LogP contribution is 2.12. The van der Waals surface area contributed by atoms with Crippen LogP contribution in [0.3, 0.4) is 0 Å². The lowest BCUT2D eigenvalue weighted by Gasteiger charge is -2.23. The van der Waals surface area contributed by atoms with E-state index in [0.717, 1.165) is 12.5 Å². The van der Waals surface area contributed by atoms with Crippen LogP contribution in [0.4, 0.5) is 4.39 Å². The maximum Gasteiger partial charge on any atom is 0.335 e. The highest BCUT2D eigenvalue weighted by molar-refractivity contribution is 5.87. The number of carbonyl (C=O) groups excluding carboxylic acids is 1. The Hall–Kier alpha value is -1.95. The lowest BCUT2D eigenvalue weighted by atomic mass is 10.1. The van der Waals surface area contributed by atoms with Crippen molar-refractivity contribution in [1.29, 1.82) is 0 Å². The van der Waals surface area contributed by atoms with Crippen molar-refractivity contribution in [3.05, 3.63) is 35.1 Å². The van der Waals surface area contributed by atoms with Gasteiger partial charge in [-0.3, -0.25) is 4.79 Å². The summed E-state index contributed by atoms with van der Waals surface area (Å²) in [6, 6.07) is 3.28. The van der Waals surface area contributed by atoms with Crippen molar-refractivity contribution in [2.24, 2.45) is 0 Å². The van der Waals surface area contributed by atoms with Crippen LogP contribution in [0.1, 0.15) is 28.8 Å². The molecule has 19 heavy (non-hydrogen) atoms. The Balaban J connectivity index is 2.04. The summed E-state index contributed by atoms with van der Waals surface area (Å²) in [5.74, 6) is -1.67. The first-order valence-corrected chi connectivity index (χ1v) is 6.11. The fraction of sp³-hybridized carbons (Fsp3) is 0.385. The fourth-order valence-corrected chi connectivity index (χ4v) is 2.04. The molecule has 1 aliphatic rings. The molecule has 1 atom stereocenters. The van der Waals surface area contributed by atoms with E-state index in [1.807, 2.05) is 0 Å². The van der Waals surface area contributed by atoms with E-state index in [0.29, 0.717) is 13.0 Å². The summed E-state index contributed by atoms with van der Waals surface area (Å²) in [6.07, 6.45) is 1.58. The molecule has 2 rings (SSSR count). The van der Waals surface area contributed by atoms with Crippen LogP contribution in [-0.4, -0.2) is 29.6 Å². The lowest BCUT2D eigenvalue weighted by Crippen LogP contribution is -2.48. The zero-order chi connectivity index (χ0) is 13.8. The summed E-state index contributed by atoms with van der Waals surface area (Å²) < 4.78 is 13.6. The molecule has 0 aromatic heterocycles. The monoisotopic (exact) mass is 266 g/mol. The minimum Gasteiger partial charge on any atom is -0.478 e. The Morgan fingerprint density at radius 3 is 3.00 bits per heavy atom. The van der Waals surface area contributed by atoms with Gasteiger partial charge in [0.25, 0.3) is 0 Å². The molecule has 0 saturated carbocycles. The second-order valence-electron chi connectivity index (χ2n) is 4.48. The third-order valence-corrected chi connectivity index (χ3v) is 3.12. The largest absolute Gasteiger partial charge is 0.478 e. The van der Waals surface area contributed by atoms with Crippen LogP contribution in [0.25, 0.3) is 0 Å². The van der Waals surface area contributed by atoms with Gasteiger partial charge in [0.2, 0.25) is 5.91 Å². The fourth-order valence-electron chi connectivity index (χ4n) is 2.04. The Morgan fingerprint density at radius 1 is 1.53 bits per heavy atom. The first kappa shape index (κ1) is 13.5. The number of hydrogen-bond acceptors (Lipinski definition) is 3. The number of rotatable bonds is 4. The normalized spacial score (nSPS) is 19.0. The molecule has 3 N–H and O–H groups in total. The Labute approximate surface area is 109 Å². The van der Waals surface area contributed by atoms with E-state index in [9.17, 15) is 14.0 Å². The molecule has 0 bridgehead atoms. The number of nitrogens with one attached hydrogen (secondary N) is 2. The van der Waals surface area contributed by atoms with Gasteiger partial charge in [-0.05, 0) is 31.0 Å². The molecule has 1 saturated heterocycles. The van der Waals surface area contributed by atoms with Crippen molar-refractivity contribution in [1.82, 2.24) is 10.6 Å². The number of aromatic carboxylic acids is 1. The van der Waals surface area contributed by atoms with Gasteiger partial charge in [-0.15, -0.1) is 0 Å². The van der Waals surface area contributed by atoms with Gasteiger partial charge in [-0.25, -0.2) is 9.18 Å². The highest BCUT2D eigenvalue weighted by Gasteiger charge is 2.21. The SMILES string of the molecule is O=C(O)c1ccc(F)c(CNC2CCCNC2=O)c1. The van der Waals surface area contributed by atoms with Crippen LogP contribution in [0.15, 0.2) is 18.2 Å². The molecule has 1 aliphatic heterocycles. The standard InChI is InChI=1S/C13H15FN2O3/c14-10-4-3-8(13(18)19)6-9(10)7-16-11-2-1-5-15-12(11)17/h3-4,6,11,16H,1-2,5,7H2,(H,15,17)(H,18,19). The molecule has 0 aliphatic carbocycles.